The van der Waals surface area contributed by atoms with Crippen LogP contribution in [0.3, 0.4) is 0 Å². The maximum atomic E-state index is 12.1. The molecule has 0 bridgehead atoms. The lowest BCUT2D eigenvalue weighted by atomic mass is 10.2. The Bertz CT molecular complexity index is 671. The molecule has 1 aromatic carbocycles. The number of carbonyl (C=O) groups is 2. The fourth-order valence-electron chi connectivity index (χ4n) is 2.46. The van der Waals surface area contributed by atoms with Gasteiger partial charge in [-0.05, 0) is 51.5 Å². The first-order valence-corrected chi connectivity index (χ1v) is 8.32. The van der Waals surface area contributed by atoms with E-state index in [9.17, 15) is 22.8 Å². The van der Waals surface area contributed by atoms with Gasteiger partial charge in [0.1, 0.15) is 11.4 Å². The van der Waals surface area contributed by atoms with Gasteiger partial charge in [0, 0.05) is 24.8 Å². The maximum absolute atomic E-state index is 12.1. The van der Waals surface area contributed by atoms with Crippen LogP contribution in [-0.4, -0.2) is 48.1 Å². The monoisotopic (exact) mass is 389 g/mol. The average molecular weight is 389 g/mol. The number of hydrogen-bond donors (Lipinski definition) is 2. The van der Waals surface area contributed by atoms with E-state index < -0.39 is 24.1 Å². The first-order valence-electron chi connectivity index (χ1n) is 8.32. The molecule has 1 aromatic rings. The molecule has 27 heavy (non-hydrogen) atoms. The van der Waals surface area contributed by atoms with Crippen LogP contribution in [0.25, 0.3) is 0 Å². The van der Waals surface area contributed by atoms with Crippen LogP contribution in [0.5, 0.6) is 5.75 Å². The van der Waals surface area contributed by atoms with E-state index in [0.29, 0.717) is 25.2 Å². The molecule has 150 valence electrons. The molecule has 1 unspecified atom stereocenters. The van der Waals surface area contributed by atoms with Gasteiger partial charge in [0.05, 0.1) is 0 Å². The second kappa shape index (κ2) is 7.93. The highest BCUT2D eigenvalue weighted by Crippen LogP contribution is 2.24. The van der Waals surface area contributed by atoms with Crippen LogP contribution in [0, 0.1) is 0 Å². The molecule has 0 aromatic heterocycles. The van der Waals surface area contributed by atoms with Crippen molar-refractivity contribution in [1.29, 1.82) is 0 Å². The molecule has 0 radical (unpaired) electrons. The zero-order valence-corrected chi connectivity index (χ0v) is 15.2. The van der Waals surface area contributed by atoms with Crippen LogP contribution >= 0.6 is 0 Å². The second-order valence-electron chi connectivity index (χ2n) is 7.08. The number of ether oxygens (including phenoxy) is 2. The third-order valence-corrected chi connectivity index (χ3v) is 3.52. The van der Waals surface area contributed by atoms with E-state index in [1.807, 2.05) is 0 Å². The molecule has 10 heteroatoms. The number of halogens is 3. The Morgan fingerprint density at radius 3 is 2.33 bits per heavy atom. The van der Waals surface area contributed by atoms with Crippen LogP contribution in [0.2, 0.25) is 0 Å². The van der Waals surface area contributed by atoms with Crippen molar-refractivity contribution in [3.05, 3.63) is 24.3 Å². The highest BCUT2D eigenvalue weighted by atomic mass is 19.4. The summed E-state index contributed by atoms with van der Waals surface area (Å²) in [5, 5.41) is 5.24. The number of amides is 3. The normalized spacial score (nSPS) is 17.4. The molecule has 1 fully saturated rings. The molecule has 0 spiro atoms. The molecule has 1 atom stereocenters. The summed E-state index contributed by atoms with van der Waals surface area (Å²) in [6, 6.07) is 4.03. The number of rotatable bonds is 3. The first-order chi connectivity index (χ1) is 12.4. The van der Waals surface area contributed by atoms with Gasteiger partial charge in [0.2, 0.25) is 0 Å². The molecular formula is C17H22F3N3O4. The van der Waals surface area contributed by atoms with E-state index in [0.717, 1.165) is 12.1 Å². The van der Waals surface area contributed by atoms with Crippen molar-refractivity contribution in [3.8, 4) is 5.75 Å². The van der Waals surface area contributed by atoms with Gasteiger partial charge in [-0.15, -0.1) is 13.2 Å². The highest BCUT2D eigenvalue weighted by molar-refractivity contribution is 5.89. The Hall–Kier alpha value is -2.65. The number of urea groups is 1. The van der Waals surface area contributed by atoms with Gasteiger partial charge < -0.3 is 25.0 Å². The molecule has 1 aliphatic rings. The molecule has 2 N–H and O–H groups in total. The minimum atomic E-state index is -4.77. The van der Waals surface area contributed by atoms with Crippen LogP contribution in [0.1, 0.15) is 27.2 Å². The fraction of sp³-hybridized carbons (Fsp3) is 0.529. The number of nitrogens with zero attached hydrogens (tertiary/aromatic N) is 1. The number of likely N-dealkylation sites (tertiary alicyclic amines) is 1. The van der Waals surface area contributed by atoms with Gasteiger partial charge in [0.25, 0.3) is 0 Å². The lowest BCUT2D eigenvalue weighted by Gasteiger charge is -2.24. The van der Waals surface area contributed by atoms with Gasteiger partial charge in [-0.25, -0.2) is 9.59 Å². The van der Waals surface area contributed by atoms with Gasteiger partial charge in [-0.2, -0.15) is 0 Å². The summed E-state index contributed by atoms with van der Waals surface area (Å²) in [4.78, 5) is 25.5. The lowest BCUT2D eigenvalue weighted by molar-refractivity contribution is -0.274. The van der Waals surface area contributed by atoms with Crippen molar-refractivity contribution >= 4 is 17.8 Å². The smallest absolute Gasteiger partial charge is 0.444 e. The van der Waals surface area contributed by atoms with Crippen molar-refractivity contribution in [2.24, 2.45) is 0 Å². The van der Waals surface area contributed by atoms with Gasteiger partial charge in [0.15, 0.2) is 0 Å². The van der Waals surface area contributed by atoms with E-state index >= 15 is 0 Å². The molecule has 1 saturated heterocycles. The maximum Gasteiger partial charge on any atom is 0.573 e. The van der Waals surface area contributed by atoms with Crippen molar-refractivity contribution in [2.75, 3.05) is 18.4 Å². The van der Waals surface area contributed by atoms with Gasteiger partial charge >= 0.3 is 18.5 Å². The van der Waals surface area contributed by atoms with Crippen molar-refractivity contribution in [2.45, 2.75) is 45.2 Å². The number of hydrogen-bond acceptors (Lipinski definition) is 4. The molecule has 3 amide bonds. The Morgan fingerprint density at radius 2 is 1.78 bits per heavy atom. The average Bonchev–Trinajstić information content (AvgIpc) is 2.94. The number of anilines is 1. The standard InChI is InChI=1S/C17H22F3N3O4/c1-16(2,3)27-15(25)23-9-8-12(10-23)22-14(24)21-11-4-6-13(7-5-11)26-17(18,19)20/h4-7,12H,8-10H2,1-3H3,(H2,21,22,24). The minimum absolute atomic E-state index is 0.245. The Kier molecular flexibility index (Phi) is 6.07. The first kappa shape index (κ1) is 20.7. The van der Waals surface area contributed by atoms with E-state index in [2.05, 4.69) is 15.4 Å². The lowest BCUT2D eigenvalue weighted by Crippen LogP contribution is -2.41. The molecule has 0 aliphatic carbocycles. The molecule has 1 heterocycles. The summed E-state index contributed by atoms with van der Waals surface area (Å²) in [6.45, 7) is 6.10. The number of carbonyl (C=O) groups excluding carboxylic acids is 2. The molecule has 1 aliphatic heterocycles. The predicted molar refractivity (Wildman–Crippen MR) is 91.5 cm³/mol. The molecule has 2 rings (SSSR count). The van der Waals surface area contributed by atoms with Gasteiger partial charge in [-0.3, -0.25) is 0 Å². The van der Waals surface area contributed by atoms with Gasteiger partial charge in [-0.1, -0.05) is 0 Å². The SMILES string of the molecule is CC(C)(C)OC(=O)N1CCC(NC(=O)Nc2ccc(OC(F)(F)F)cc2)C1. The quantitative estimate of drug-likeness (QED) is 0.826. The molecular weight excluding hydrogens is 367 g/mol. The topological polar surface area (TPSA) is 79.9 Å². The zero-order chi connectivity index (χ0) is 20.2. The summed E-state index contributed by atoms with van der Waals surface area (Å²) in [7, 11) is 0. The Balaban J connectivity index is 1.80. The summed E-state index contributed by atoms with van der Waals surface area (Å²) in [5.41, 5.74) is -0.286. The van der Waals surface area contributed by atoms with E-state index in [-0.39, 0.29) is 11.8 Å². The van der Waals surface area contributed by atoms with Crippen LogP contribution in [0.15, 0.2) is 24.3 Å². The second-order valence-corrected chi connectivity index (χ2v) is 7.08. The number of nitrogens with one attached hydrogen (secondary N) is 2. The Morgan fingerprint density at radius 1 is 1.15 bits per heavy atom. The van der Waals surface area contributed by atoms with Crippen LogP contribution in [0.4, 0.5) is 28.4 Å². The minimum Gasteiger partial charge on any atom is -0.444 e. The van der Waals surface area contributed by atoms with E-state index in [1.54, 1.807) is 20.8 Å². The van der Waals surface area contributed by atoms with Crippen molar-refractivity contribution < 1.29 is 32.2 Å². The Labute approximate surface area is 154 Å². The van der Waals surface area contributed by atoms with Crippen LogP contribution < -0.4 is 15.4 Å². The molecule has 7 nitrogen and oxygen atoms in total. The summed E-state index contributed by atoms with van der Waals surface area (Å²) >= 11 is 0. The van der Waals surface area contributed by atoms with E-state index in [1.165, 1.54) is 17.0 Å². The number of benzene rings is 1. The zero-order valence-electron chi connectivity index (χ0n) is 15.2. The summed E-state index contributed by atoms with van der Waals surface area (Å²) < 4.78 is 45.4. The summed E-state index contributed by atoms with van der Waals surface area (Å²) in [6.07, 6.45) is -4.63. The molecule has 0 saturated carbocycles. The van der Waals surface area contributed by atoms with Crippen LogP contribution in [-0.2, 0) is 4.74 Å². The highest BCUT2D eigenvalue weighted by Gasteiger charge is 2.31. The summed E-state index contributed by atoms with van der Waals surface area (Å²) in [5.74, 6) is -0.378. The third-order valence-electron chi connectivity index (χ3n) is 3.52. The van der Waals surface area contributed by atoms with E-state index in [4.69, 9.17) is 4.74 Å². The van der Waals surface area contributed by atoms with Crippen molar-refractivity contribution in [1.82, 2.24) is 10.2 Å². The largest absolute Gasteiger partial charge is 0.573 e. The predicted octanol–water partition coefficient (Wildman–Crippen LogP) is 3.72. The third kappa shape index (κ3) is 7.24. The fourth-order valence-corrected chi connectivity index (χ4v) is 2.46. The van der Waals surface area contributed by atoms with Crippen molar-refractivity contribution in [3.63, 3.8) is 0 Å². The number of alkyl halides is 3.